The molecule has 3 aromatic rings. The summed E-state index contributed by atoms with van der Waals surface area (Å²) in [4.78, 5) is 38.5. The molecule has 4 rings (SSSR count). The van der Waals surface area contributed by atoms with Gasteiger partial charge >= 0.3 is 0 Å². The number of hydrogen-bond donors (Lipinski definition) is 2. The Bertz CT molecular complexity index is 1160. The zero-order valence-electron chi connectivity index (χ0n) is 16.0. The molecule has 3 aromatic carbocycles. The van der Waals surface area contributed by atoms with Gasteiger partial charge in [-0.25, -0.2) is 0 Å². The second-order valence-corrected chi connectivity index (χ2v) is 7.67. The Morgan fingerprint density at radius 1 is 0.966 bits per heavy atom. The summed E-state index contributed by atoms with van der Waals surface area (Å²) in [5.74, 6) is -0.663. The second kappa shape index (κ2) is 7.20. The molecule has 29 heavy (non-hydrogen) atoms. The van der Waals surface area contributed by atoms with Crippen molar-refractivity contribution < 1.29 is 24.6 Å². The van der Waals surface area contributed by atoms with Gasteiger partial charge in [0, 0.05) is 35.0 Å². The van der Waals surface area contributed by atoms with E-state index in [0.717, 1.165) is 12.8 Å². The highest BCUT2D eigenvalue weighted by atomic mass is 16.3. The highest BCUT2D eigenvalue weighted by molar-refractivity contribution is 6.40. The van der Waals surface area contributed by atoms with Crippen LogP contribution >= 0.6 is 0 Å². The fourth-order valence-electron chi connectivity index (χ4n) is 4.05. The number of rotatable bonds is 3. The van der Waals surface area contributed by atoms with Crippen molar-refractivity contribution in [1.82, 2.24) is 4.90 Å². The Labute approximate surface area is 167 Å². The lowest BCUT2D eigenvalue weighted by atomic mass is 9.92. The van der Waals surface area contributed by atoms with Gasteiger partial charge in [-0.2, -0.15) is 0 Å². The summed E-state index contributed by atoms with van der Waals surface area (Å²) >= 11 is 0. The number of aromatic hydroxyl groups is 2. The quantitative estimate of drug-likeness (QED) is 0.308. The summed E-state index contributed by atoms with van der Waals surface area (Å²) < 4.78 is 0. The van der Waals surface area contributed by atoms with Crippen LogP contribution in [0.1, 0.15) is 40.5 Å². The molecule has 0 atom stereocenters. The van der Waals surface area contributed by atoms with E-state index in [1.165, 1.54) is 12.1 Å². The van der Waals surface area contributed by atoms with E-state index in [9.17, 15) is 24.6 Å². The molecule has 6 heteroatoms. The van der Waals surface area contributed by atoms with Gasteiger partial charge in [0.25, 0.3) is 5.91 Å². The van der Waals surface area contributed by atoms with E-state index < -0.39 is 5.78 Å². The van der Waals surface area contributed by atoms with Crippen LogP contribution in [0.2, 0.25) is 0 Å². The molecule has 1 aliphatic heterocycles. The van der Waals surface area contributed by atoms with Crippen LogP contribution < -0.4 is 0 Å². The van der Waals surface area contributed by atoms with Gasteiger partial charge in [-0.05, 0) is 53.8 Å². The van der Waals surface area contributed by atoms with Gasteiger partial charge in [-0.1, -0.05) is 19.1 Å². The molecule has 0 unspecified atom stereocenters. The highest BCUT2D eigenvalue weighted by Crippen LogP contribution is 2.38. The molecule has 1 fully saturated rings. The van der Waals surface area contributed by atoms with E-state index in [1.807, 2.05) is 0 Å². The molecule has 1 saturated heterocycles. The van der Waals surface area contributed by atoms with Gasteiger partial charge in [0.15, 0.2) is 6.29 Å². The molecule has 0 aromatic heterocycles. The minimum absolute atomic E-state index is 0.0636. The van der Waals surface area contributed by atoms with Crippen LogP contribution in [0, 0.1) is 5.92 Å². The lowest BCUT2D eigenvalue weighted by Gasteiger charge is -2.30. The summed E-state index contributed by atoms with van der Waals surface area (Å²) in [7, 11) is 0. The van der Waals surface area contributed by atoms with Crippen LogP contribution in [-0.4, -0.2) is 46.2 Å². The minimum atomic E-state index is -0.776. The largest absolute Gasteiger partial charge is 0.507 e. The van der Waals surface area contributed by atoms with Crippen LogP contribution in [0.3, 0.4) is 0 Å². The Balaban J connectivity index is 1.94. The smallest absolute Gasteiger partial charge is 0.254 e. The number of piperidine rings is 1. The number of phenols is 2. The minimum Gasteiger partial charge on any atom is -0.507 e. The van der Waals surface area contributed by atoms with Crippen molar-refractivity contribution in [2.45, 2.75) is 19.8 Å². The van der Waals surface area contributed by atoms with Crippen molar-refractivity contribution in [3.8, 4) is 11.5 Å². The SMILES string of the molecule is CC1CCN(C(=O)c2cc(O)c3cc4c(O)cccc4c(C(=O)C=O)c3c2)CC1. The summed E-state index contributed by atoms with van der Waals surface area (Å²) in [5.41, 5.74) is 0.338. The first-order chi connectivity index (χ1) is 13.9. The predicted molar refractivity (Wildman–Crippen MR) is 109 cm³/mol. The van der Waals surface area contributed by atoms with E-state index in [1.54, 1.807) is 29.2 Å². The van der Waals surface area contributed by atoms with Gasteiger partial charge in [0.1, 0.15) is 11.5 Å². The molecular weight excluding hydrogens is 370 g/mol. The number of ketones is 1. The number of likely N-dealkylation sites (tertiary alicyclic amines) is 1. The number of nitrogens with zero attached hydrogens (tertiary/aromatic N) is 1. The fourth-order valence-corrected chi connectivity index (χ4v) is 4.05. The first-order valence-electron chi connectivity index (χ1n) is 9.61. The second-order valence-electron chi connectivity index (χ2n) is 7.67. The number of hydrogen-bond acceptors (Lipinski definition) is 5. The lowest BCUT2D eigenvalue weighted by molar-refractivity contribution is -0.104. The van der Waals surface area contributed by atoms with Crippen molar-refractivity contribution in [2.24, 2.45) is 5.92 Å². The van der Waals surface area contributed by atoms with Crippen molar-refractivity contribution in [3.63, 3.8) is 0 Å². The van der Waals surface area contributed by atoms with E-state index in [-0.39, 0.29) is 34.8 Å². The summed E-state index contributed by atoms with van der Waals surface area (Å²) in [6.07, 6.45) is 2.05. The number of amides is 1. The zero-order chi connectivity index (χ0) is 20.7. The van der Waals surface area contributed by atoms with Gasteiger partial charge in [-0.3, -0.25) is 14.4 Å². The van der Waals surface area contributed by atoms with Crippen LogP contribution in [0.25, 0.3) is 21.5 Å². The number of phenolic OH excluding ortho intramolecular Hbond substituents is 2. The first kappa shape index (κ1) is 18.9. The molecule has 0 radical (unpaired) electrons. The predicted octanol–water partition coefficient (Wildman–Crippen LogP) is 3.66. The zero-order valence-corrected chi connectivity index (χ0v) is 16.0. The molecule has 0 spiro atoms. The molecule has 0 aliphatic carbocycles. The van der Waals surface area contributed by atoms with Gasteiger partial charge < -0.3 is 15.1 Å². The third kappa shape index (κ3) is 3.20. The Morgan fingerprint density at radius 3 is 2.34 bits per heavy atom. The fraction of sp³-hybridized carbons (Fsp3) is 0.261. The average Bonchev–Trinajstić information content (AvgIpc) is 2.72. The summed E-state index contributed by atoms with van der Waals surface area (Å²) in [6, 6.07) is 9.17. The molecule has 1 amide bonds. The number of fused-ring (bicyclic) bond motifs is 2. The molecule has 0 bridgehead atoms. The number of Topliss-reactive ketones (excluding diaryl/α,β-unsaturated/α-hetero) is 1. The number of carbonyl (C=O) groups is 3. The van der Waals surface area contributed by atoms with Gasteiger partial charge in [0.05, 0.1) is 0 Å². The van der Waals surface area contributed by atoms with E-state index in [2.05, 4.69) is 6.92 Å². The molecule has 148 valence electrons. The maximum absolute atomic E-state index is 13.0. The van der Waals surface area contributed by atoms with Gasteiger partial charge in [-0.15, -0.1) is 0 Å². The van der Waals surface area contributed by atoms with Crippen molar-refractivity contribution in [3.05, 3.63) is 47.5 Å². The van der Waals surface area contributed by atoms with Crippen molar-refractivity contribution >= 4 is 39.5 Å². The standard InChI is InChI=1S/C23H21NO5/c1-13-5-7-24(8-6-13)23(29)14-9-18-17(20(27)10-14)11-16-15(3-2-4-19(16)26)22(18)21(28)12-25/h2-4,9-13,26-27H,5-8H2,1H3. The number of carbonyl (C=O) groups excluding carboxylic acids is 3. The molecule has 0 saturated carbocycles. The Kier molecular flexibility index (Phi) is 4.70. The molecule has 6 nitrogen and oxygen atoms in total. The molecule has 2 N–H and O–H groups in total. The summed E-state index contributed by atoms with van der Waals surface area (Å²) in [5, 5.41) is 22.2. The van der Waals surface area contributed by atoms with Crippen LogP contribution in [0.15, 0.2) is 36.4 Å². The molecular formula is C23H21NO5. The van der Waals surface area contributed by atoms with E-state index in [4.69, 9.17) is 0 Å². The third-order valence-corrected chi connectivity index (χ3v) is 5.74. The van der Waals surface area contributed by atoms with Crippen molar-refractivity contribution in [1.29, 1.82) is 0 Å². The van der Waals surface area contributed by atoms with E-state index >= 15 is 0 Å². The Hall–Kier alpha value is -3.41. The normalized spacial score (nSPS) is 15.0. The maximum atomic E-state index is 13.0. The average molecular weight is 391 g/mol. The lowest BCUT2D eigenvalue weighted by Crippen LogP contribution is -2.37. The monoisotopic (exact) mass is 391 g/mol. The summed E-state index contributed by atoms with van der Waals surface area (Å²) in [6.45, 7) is 3.44. The van der Waals surface area contributed by atoms with Crippen LogP contribution in [0.4, 0.5) is 0 Å². The van der Waals surface area contributed by atoms with Crippen LogP contribution in [0.5, 0.6) is 11.5 Å². The van der Waals surface area contributed by atoms with E-state index in [0.29, 0.717) is 40.6 Å². The van der Waals surface area contributed by atoms with Gasteiger partial charge in [0.2, 0.25) is 5.78 Å². The molecule has 1 aliphatic rings. The topological polar surface area (TPSA) is 94.9 Å². The maximum Gasteiger partial charge on any atom is 0.254 e. The van der Waals surface area contributed by atoms with Crippen LogP contribution in [-0.2, 0) is 4.79 Å². The van der Waals surface area contributed by atoms with Crippen molar-refractivity contribution in [2.75, 3.05) is 13.1 Å². The number of aldehydes is 1. The highest BCUT2D eigenvalue weighted by Gasteiger charge is 2.24. The molecule has 1 heterocycles. The Morgan fingerprint density at radius 2 is 1.66 bits per heavy atom. The number of benzene rings is 3. The third-order valence-electron chi connectivity index (χ3n) is 5.74. The first-order valence-corrected chi connectivity index (χ1v) is 9.61.